The first-order valence-electron chi connectivity index (χ1n) is 11.4. The molecule has 5 rings (SSSR count). The van der Waals surface area contributed by atoms with Gasteiger partial charge in [0.15, 0.2) is 0 Å². The Morgan fingerprint density at radius 2 is 1.20 bits per heavy atom. The van der Waals surface area contributed by atoms with Gasteiger partial charge in [0.2, 0.25) is 0 Å². The maximum Gasteiger partial charge on any atom is 0.466 e. The van der Waals surface area contributed by atoms with Crippen LogP contribution >= 0.6 is 0 Å². The van der Waals surface area contributed by atoms with Crippen LogP contribution in [-0.2, 0) is 23.4 Å². The summed E-state index contributed by atoms with van der Waals surface area (Å²) in [6, 6.07) is 0. The first-order valence-corrected chi connectivity index (χ1v) is 11.4. The van der Waals surface area contributed by atoms with Gasteiger partial charge in [0.1, 0.15) is 0 Å². The summed E-state index contributed by atoms with van der Waals surface area (Å²) in [4.78, 5) is 12.7. The van der Waals surface area contributed by atoms with Crippen LogP contribution in [0.3, 0.4) is 0 Å². The van der Waals surface area contributed by atoms with Gasteiger partial charge in [-0.1, -0.05) is 20.3 Å². The standard InChI is InChI=1S/C22H38B2O6/c1-11-14(2)22(24-29-18(7,8)19(9,10)30-24)20(15(25)26)12-21(22,13-20)23-27-16(3,4)17(5,6)28-23/h14H,11-13H2,1-10H3,(H,25,26). The van der Waals surface area contributed by atoms with Gasteiger partial charge in [-0.15, -0.1) is 0 Å². The van der Waals surface area contributed by atoms with Crippen LogP contribution in [0.2, 0.25) is 10.6 Å². The fraction of sp³-hybridized carbons (Fsp3) is 0.955. The van der Waals surface area contributed by atoms with Crippen molar-refractivity contribution in [3.63, 3.8) is 0 Å². The summed E-state index contributed by atoms with van der Waals surface area (Å²) in [6.45, 7) is 20.5. The van der Waals surface area contributed by atoms with E-state index in [1.807, 2.05) is 55.4 Å². The lowest BCUT2D eigenvalue weighted by Crippen LogP contribution is -2.83. The van der Waals surface area contributed by atoms with Crippen molar-refractivity contribution >= 4 is 20.2 Å². The van der Waals surface area contributed by atoms with E-state index in [4.69, 9.17) is 18.6 Å². The highest BCUT2D eigenvalue weighted by atomic mass is 16.7. The quantitative estimate of drug-likeness (QED) is 0.657. The second-order valence-corrected chi connectivity index (χ2v) is 12.3. The lowest BCUT2D eigenvalue weighted by atomic mass is 9.05. The molecule has 0 amide bonds. The van der Waals surface area contributed by atoms with E-state index in [0.717, 1.165) is 6.42 Å². The van der Waals surface area contributed by atoms with Gasteiger partial charge in [0, 0.05) is 10.6 Å². The van der Waals surface area contributed by atoms with Gasteiger partial charge in [0.25, 0.3) is 0 Å². The van der Waals surface area contributed by atoms with Gasteiger partial charge >= 0.3 is 20.2 Å². The summed E-state index contributed by atoms with van der Waals surface area (Å²) in [7, 11) is -1.09. The molecule has 2 saturated heterocycles. The van der Waals surface area contributed by atoms with Gasteiger partial charge in [-0.25, -0.2) is 0 Å². The third kappa shape index (κ3) is 2.20. The number of hydrogen-bond donors (Lipinski definition) is 1. The summed E-state index contributed by atoms with van der Waals surface area (Å²) in [5.74, 6) is -0.680. The van der Waals surface area contributed by atoms with E-state index in [1.165, 1.54) is 0 Å². The van der Waals surface area contributed by atoms with Crippen LogP contribution in [0.25, 0.3) is 0 Å². The van der Waals surface area contributed by atoms with Gasteiger partial charge in [-0.3, -0.25) is 4.79 Å². The van der Waals surface area contributed by atoms with Crippen LogP contribution in [-0.4, -0.2) is 47.7 Å². The normalized spacial score (nSPS) is 43.1. The molecule has 1 N–H and O–H groups in total. The van der Waals surface area contributed by atoms with E-state index in [1.54, 1.807) is 0 Å². The van der Waals surface area contributed by atoms with Gasteiger partial charge in [-0.05, 0) is 74.1 Å². The maximum absolute atomic E-state index is 12.7. The molecule has 30 heavy (non-hydrogen) atoms. The van der Waals surface area contributed by atoms with E-state index < -0.39 is 58.7 Å². The van der Waals surface area contributed by atoms with E-state index in [9.17, 15) is 9.90 Å². The van der Waals surface area contributed by atoms with Crippen LogP contribution in [0, 0.1) is 11.3 Å². The second-order valence-electron chi connectivity index (χ2n) is 12.3. The molecule has 2 heterocycles. The zero-order valence-corrected chi connectivity index (χ0v) is 20.3. The Morgan fingerprint density at radius 1 is 0.833 bits per heavy atom. The predicted molar refractivity (Wildman–Crippen MR) is 116 cm³/mol. The van der Waals surface area contributed by atoms with Crippen molar-refractivity contribution in [2.24, 2.45) is 11.3 Å². The lowest BCUT2D eigenvalue weighted by Gasteiger charge is -2.83. The van der Waals surface area contributed by atoms with Crippen LogP contribution in [0.4, 0.5) is 0 Å². The van der Waals surface area contributed by atoms with E-state index in [2.05, 4.69) is 13.8 Å². The Balaban J connectivity index is 1.83. The van der Waals surface area contributed by atoms with Crippen molar-refractivity contribution in [3.8, 4) is 0 Å². The molecular weight excluding hydrogens is 382 g/mol. The van der Waals surface area contributed by atoms with Crippen molar-refractivity contribution in [2.75, 3.05) is 0 Å². The van der Waals surface area contributed by atoms with Crippen molar-refractivity contribution in [1.82, 2.24) is 0 Å². The first-order chi connectivity index (χ1) is 13.5. The van der Waals surface area contributed by atoms with Crippen molar-refractivity contribution in [1.29, 1.82) is 0 Å². The van der Waals surface area contributed by atoms with E-state index in [-0.39, 0.29) is 5.92 Å². The van der Waals surface area contributed by atoms with E-state index in [0.29, 0.717) is 12.8 Å². The van der Waals surface area contributed by atoms with Crippen LogP contribution in [0.5, 0.6) is 0 Å². The summed E-state index contributed by atoms with van der Waals surface area (Å²) in [6.07, 6.45) is 1.92. The number of rotatable bonds is 5. The summed E-state index contributed by atoms with van der Waals surface area (Å²) >= 11 is 0. The number of carboxylic acids is 1. The molecule has 2 unspecified atom stereocenters. The molecule has 0 spiro atoms. The van der Waals surface area contributed by atoms with Gasteiger partial charge < -0.3 is 23.7 Å². The molecule has 5 aliphatic rings. The third-order valence-corrected chi connectivity index (χ3v) is 9.98. The molecule has 3 saturated carbocycles. The van der Waals surface area contributed by atoms with E-state index >= 15 is 0 Å². The Bertz CT molecular complexity index is 738. The average molecular weight is 420 g/mol. The highest BCUT2D eigenvalue weighted by Crippen LogP contribution is 2.98. The molecule has 0 aromatic rings. The molecule has 2 aliphatic heterocycles. The summed E-state index contributed by atoms with van der Waals surface area (Å²) in [5, 5.41) is 9.26. The van der Waals surface area contributed by atoms with Crippen LogP contribution in [0.1, 0.15) is 88.5 Å². The Hall–Kier alpha value is -0.560. The molecule has 6 nitrogen and oxygen atoms in total. The molecule has 8 heteroatoms. The molecule has 2 bridgehead atoms. The number of hydrogen-bond acceptors (Lipinski definition) is 5. The Labute approximate surface area is 182 Å². The van der Waals surface area contributed by atoms with Crippen molar-refractivity contribution in [2.45, 2.75) is 122 Å². The molecule has 0 aromatic carbocycles. The molecule has 3 aliphatic carbocycles. The molecule has 0 radical (unpaired) electrons. The zero-order valence-electron chi connectivity index (χ0n) is 20.3. The molecule has 5 fully saturated rings. The molecular formula is C22H38B2O6. The second kappa shape index (κ2) is 5.86. The molecule has 2 atom stereocenters. The minimum Gasteiger partial charge on any atom is -0.481 e. The zero-order chi connectivity index (χ0) is 22.8. The average Bonchev–Trinajstić information content (AvgIpc) is 2.84. The largest absolute Gasteiger partial charge is 0.481 e. The van der Waals surface area contributed by atoms with Crippen molar-refractivity contribution in [3.05, 3.63) is 0 Å². The molecule has 0 aromatic heterocycles. The summed E-state index contributed by atoms with van der Waals surface area (Å²) in [5.41, 5.74) is -2.87. The topological polar surface area (TPSA) is 74.2 Å². The summed E-state index contributed by atoms with van der Waals surface area (Å²) < 4.78 is 26.2. The minimum atomic E-state index is -0.868. The fourth-order valence-electron chi connectivity index (χ4n) is 6.64. The lowest BCUT2D eigenvalue weighted by molar-refractivity contribution is -0.226. The third-order valence-electron chi connectivity index (χ3n) is 9.98. The number of carboxylic acid groups (broad SMARTS) is 1. The first kappa shape index (κ1) is 22.6. The maximum atomic E-state index is 12.7. The number of aliphatic carboxylic acids is 1. The Kier molecular flexibility index (Phi) is 4.42. The predicted octanol–water partition coefficient (Wildman–Crippen LogP) is 4.58. The van der Waals surface area contributed by atoms with Gasteiger partial charge in [-0.2, -0.15) is 0 Å². The monoisotopic (exact) mass is 420 g/mol. The van der Waals surface area contributed by atoms with Crippen LogP contribution in [0.15, 0.2) is 0 Å². The SMILES string of the molecule is CCC(C)C1(B2OC(C)(C)C(C)(C)O2)C2(B3OC(C)(C)C(C)(C)O3)CC1(C(=O)O)C2. The van der Waals surface area contributed by atoms with Gasteiger partial charge in [0.05, 0.1) is 27.8 Å². The Morgan fingerprint density at radius 3 is 1.53 bits per heavy atom. The number of carbonyl (C=O) groups is 1. The highest BCUT2D eigenvalue weighted by molar-refractivity contribution is 6.62. The van der Waals surface area contributed by atoms with Crippen molar-refractivity contribution < 1.29 is 28.5 Å². The smallest absolute Gasteiger partial charge is 0.466 e. The fourth-order valence-corrected chi connectivity index (χ4v) is 6.64. The highest BCUT2D eigenvalue weighted by Gasteiger charge is 2.97. The minimum absolute atomic E-state index is 0.0739. The van der Waals surface area contributed by atoms with Crippen LogP contribution < -0.4 is 0 Å². The molecule has 168 valence electrons.